The number of anilines is 1. The minimum absolute atomic E-state index is 0.505. The van der Waals surface area contributed by atoms with Crippen molar-refractivity contribution in [3.8, 4) is 0 Å². The number of rotatable bonds is 1. The van der Waals surface area contributed by atoms with Crippen LogP contribution in [-0.4, -0.2) is 5.91 Å². The number of carbonyl (C=O) groups excluding carboxylic acids is 1. The van der Waals surface area contributed by atoms with E-state index in [1.807, 2.05) is 0 Å². The van der Waals surface area contributed by atoms with Gasteiger partial charge in [-0.25, -0.2) is 4.39 Å². The number of benzene rings is 1. The Hall–Kier alpha value is -1.11. The summed E-state index contributed by atoms with van der Waals surface area (Å²) >= 11 is 2.69. The van der Waals surface area contributed by atoms with E-state index in [9.17, 15) is 22.4 Å². The van der Waals surface area contributed by atoms with Crippen LogP contribution >= 0.6 is 15.9 Å². The van der Waals surface area contributed by atoms with Gasteiger partial charge in [0, 0.05) is 5.41 Å². The molecule has 0 saturated heterocycles. The van der Waals surface area contributed by atoms with Gasteiger partial charge in [-0.1, -0.05) is 20.8 Å². The standard InChI is InChI=1S/C12H12BrF4NO/c1-11(2,3)10(19)18-9-7(14)5-4-6(8(9)13)12(15,16)17/h4-5H,1-3H3,(H,18,19). The molecule has 1 N–H and O–H groups in total. The van der Waals surface area contributed by atoms with Crippen LogP contribution in [0.2, 0.25) is 0 Å². The van der Waals surface area contributed by atoms with Gasteiger partial charge in [0.05, 0.1) is 15.7 Å². The highest BCUT2D eigenvalue weighted by Gasteiger charge is 2.35. The van der Waals surface area contributed by atoms with Gasteiger partial charge in [-0.05, 0) is 28.1 Å². The molecule has 0 spiro atoms. The maximum Gasteiger partial charge on any atom is 0.417 e. The normalized spacial score (nSPS) is 12.4. The van der Waals surface area contributed by atoms with Crippen LogP contribution in [0.3, 0.4) is 0 Å². The number of alkyl halides is 3. The van der Waals surface area contributed by atoms with Crippen LogP contribution in [0.25, 0.3) is 0 Å². The van der Waals surface area contributed by atoms with Gasteiger partial charge in [-0.3, -0.25) is 4.79 Å². The summed E-state index contributed by atoms with van der Waals surface area (Å²) in [5.74, 6) is -1.51. The highest BCUT2D eigenvalue weighted by molar-refractivity contribution is 9.10. The highest BCUT2D eigenvalue weighted by Crippen LogP contribution is 2.40. The Labute approximate surface area is 116 Å². The number of nitrogens with one attached hydrogen (secondary N) is 1. The topological polar surface area (TPSA) is 29.1 Å². The molecule has 1 amide bonds. The third-order valence-corrected chi connectivity index (χ3v) is 3.14. The van der Waals surface area contributed by atoms with Crippen molar-refractivity contribution in [2.75, 3.05) is 5.32 Å². The van der Waals surface area contributed by atoms with Crippen molar-refractivity contribution < 1.29 is 22.4 Å². The molecule has 0 unspecified atom stereocenters. The summed E-state index contributed by atoms with van der Waals surface area (Å²) < 4.78 is 51.0. The average Bonchev–Trinajstić information content (AvgIpc) is 2.20. The Kier molecular flexibility index (Phi) is 4.29. The molecule has 0 radical (unpaired) electrons. The van der Waals surface area contributed by atoms with Crippen molar-refractivity contribution in [2.24, 2.45) is 5.41 Å². The first-order valence-corrected chi connectivity index (χ1v) is 6.10. The highest BCUT2D eigenvalue weighted by atomic mass is 79.9. The second-order valence-electron chi connectivity index (χ2n) is 4.99. The number of carbonyl (C=O) groups is 1. The molecule has 19 heavy (non-hydrogen) atoms. The molecule has 1 aromatic carbocycles. The number of halogens is 5. The summed E-state index contributed by atoms with van der Waals surface area (Å²) in [6, 6.07) is 1.29. The van der Waals surface area contributed by atoms with Crippen LogP contribution < -0.4 is 5.32 Å². The maximum absolute atomic E-state index is 13.6. The summed E-state index contributed by atoms with van der Waals surface area (Å²) in [7, 11) is 0. The summed E-state index contributed by atoms with van der Waals surface area (Å²) in [4.78, 5) is 11.7. The summed E-state index contributed by atoms with van der Waals surface area (Å²) in [5, 5.41) is 2.17. The van der Waals surface area contributed by atoms with Gasteiger partial charge in [-0.2, -0.15) is 13.2 Å². The predicted octanol–water partition coefficient (Wildman–Crippen LogP) is 4.59. The van der Waals surface area contributed by atoms with E-state index in [4.69, 9.17) is 0 Å². The van der Waals surface area contributed by atoms with Crippen LogP contribution in [0.15, 0.2) is 16.6 Å². The molecule has 0 fully saturated rings. The summed E-state index contributed by atoms with van der Waals surface area (Å²) in [6.45, 7) is 4.71. The fourth-order valence-corrected chi connectivity index (χ4v) is 1.83. The molecule has 0 heterocycles. The van der Waals surface area contributed by atoms with E-state index in [1.165, 1.54) is 0 Å². The Morgan fingerprint density at radius 2 is 1.74 bits per heavy atom. The fourth-order valence-electron chi connectivity index (χ4n) is 1.19. The minimum Gasteiger partial charge on any atom is -0.322 e. The Morgan fingerprint density at radius 1 is 1.21 bits per heavy atom. The van der Waals surface area contributed by atoms with Gasteiger partial charge in [0.15, 0.2) is 0 Å². The largest absolute Gasteiger partial charge is 0.417 e. The molecule has 0 atom stereocenters. The first-order valence-electron chi connectivity index (χ1n) is 5.31. The molecule has 0 aliphatic rings. The van der Waals surface area contributed by atoms with Crippen molar-refractivity contribution in [1.82, 2.24) is 0 Å². The smallest absolute Gasteiger partial charge is 0.322 e. The van der Waals surface area contributed by atoms with Crippen molar-refractivity contribution in [1.29, 1.82) is 0 Å². The molecular formula is C12H12BrF4NO. The minimum atomic E-state index is -4.63. The summed E-state index contributed by atoms with van der Waals surface area (Å²) in [6.07, 6.45) is -4.63. The molecule has 0 aliphatic carbocycles. The lowest BCUT2D eigenvalue weighted by molar-refractivity contribution is -0.138. The van der Waals surface area contributed by atoms with Crippen molar-refractivity contribution >= 4 is 27.5 Å². The lowest BCUT2D eigenvalue weighted by atomic mass is 9.95. The predicted molar refractivity (Wildman–Crippen MR) is 67.2 cm³/mol. The molecule has 1 rings (SSSR count). The summed E-state index contributed by atoms with van der Waals surface area (Å²) in [5.41, 5.74) is -2.40. The number of amides is 1. The second kappa shape index (κ2) is 5.11. The average molecular weight is 342 g/mol. The maximum atomic E-state index is 13.6. The number of hydrogen-bond donors (Lipinski definition) is 1. The van der Waals surface area contributed by atoms with Gasteiger partial charge in [0.2, 0.25) is 5.91 Å². The third-order valence-electron chi connectivity index (χ3n) is 2.32. The van der Waals surface area contributed by atoms with E-state index in [1.54, 1.807) is 20.8 Å². The monoisotopic (exact) mass is 341 g/mol. The van der Waals surface area contributed by atoms with Crippen molar-refractivity contribution in [3.63, 3.8) is 0 Å². The van der Waals surface area contributed by atoms with Gasteiger partial charge < -0.3 is 5.32 Å². The molecule has 2 nitrogen and oxygen atoms in total. The Bertz CT molecular complexity index is 506. The van der Waals surface area contributed by atoms with Crippen LogP contribution in [0, 0.1) is 11.2 Å². The molecule has 0 bridgehead atoms. The zero-order chi connectivity index (χ0) is 15.0. The van der Waals surface area contributed by atoms with Crippen LogP contribution in [-0.2, 0) is 11.0 Å². The third kappa shape index (κ3) is 3.68. The van der Waals surface area contributed by atoms with E-state index in [0.29, 0.717) is 12.1 Å². The Balaban J connectivity index is 3.25. The van der Waals surface area contributed by atoms with Crippen LogP contribution in [0.1, 0.15) is 26.3 Å². The van der Waals surface area contributed by atoms with Crippen molar-refractivity contribution in [3.05, 3.63) is 28.0 Å². The van der Waals surface area contributed by atoms with Crippen LogP contribution in [0.5, 0.6) is 0 Å². The quantitative estimate of drug-likeness (QED) is 0.743. The number of hydrogen-bond acceptors (Lipinski definition) is 1. The lowest BCUT2D eigenvalue weighted by Gasteiger charge is -2.20. The zero-order valence-electron chi connectivity index (χ0n) is 10.5. The zero-order valence-corrected chi connectivity index (χ0v) is 12.0. The lowest BCUT2D eigenvalue weighted by Crippen LogP contribution is -2.28. The molecule has 0 aromatic heterocycles. The molecule has 0 saturated carbocycles. The molecule has 1 aromatic rings. The van der Waals surface area contributed by atoms with E-state index >= 15 is 0 Å². The Morgan fingerprint density at radius 3 is 2.16 bits per heavy atom. The molecule has 106 valence electrons. The molecular weight excluding hydrogens is 330 g/mol. The van der Waals surface area contributed by atoms with Crippen LogP contribution in [0.4, 0.5) is 23.2 Å². The molecule has 0 aliphatic heterocycles. The molecule has 7 heteroatoms. The fraction of sp³-hybridized carbons (Fsp3) is 0.417. The van der Waals surface area contributed by atoms with Gasteiger partial charge in [0.1, 0.15) is 5.82 Å². The van der Waals surface area contributed by atoms with Crippen molar-refractivity contribution in [2.45, 2.75) is 26.9 Å². The van der Waals surface area contributed by atoms with Gasteiger partial charge in [-0.15, -0.1) is 0 Å². The first kappa shape index (κ1) is 15.9. The van der Waals surface area contributed by atoms with E-state index < -0.39 is 39.0 Å². The van der Waals surface area contributed by atoms with Gasteiger partial charge in [0.25, 0.3) is 0 Å². The first-order chi connectivity index (χ1) is 8.44. The van der Waals surface area contributed by atoms with E-state index in [-0.39, 0.29) is 0 Å². The van der Waals surface area contributed by atoms with Gasteiger partial charge >= 0.3 is 6.18 Å². The second-order valence-corrected chi connectivity index (χ2v) is 5.78. The SMILES string of the molecule is CC(C)(C)C(=O)Nc1c(F)ccc(C(F)(F)F)c1Br. The van der Waals surface area contributed by atoms with E-state index in [2.05, 4.69) is 21.2 Å². The van der Waals surface area contributed by atoms with E-state index in [0.717, 1.165) is 0 Å².